The molecule has 2 heterocycles. The van der Waals surface area contributed by atoms with Gasteiger partial charge >= 0.3 is 6.03 Å². The highest BCUT2D eigenvalue weighted by Gasteiger charge is 2.42. The average molecular weight is 443 g/mol. The van der Waals surface area contributed by atoms with Crippen LogP contribution in [0.25, 0.3) is 0 Å². The van der Waals surface area contributed by atoms with Crippen LogP contribution in [0.3, 0.4) is 0 Å². The molecule has 166 valence electrons. The lowest BCUT2D eigenvalue weighted by atomic mass is 9.95. The summed E-state index contributed by atoms with van der Waals surface area (Å²) in [7, 11) is 1.66. The van der Waals surface area contributed by atoms with Gasteiger partial charge in [0.15, 0.2) is 0 Å². The van der Waals surface area contributed by atoms with Crippen molar-refractivity contribution in [2.75, 3.05) is 13.6 Å². The number of nitrogens with one attached hydrogen (secondary N) is 1. The minimum absolute atomic E-state index is 0.152. The van der Waals surface area contributed by atoms with Gasteiger partial charge in [-0.3, -0.25) is 9.69 Å². The zero-order valence-corrected chi connectivity index (χ0v) is 18.0. The molecule has 7 heteroatoms. The number of halogens is 1. The molecule has 0 aromatic heterocycles. The van der Waals surface area contributed by atoms with Crippen LogP contribution in [-0.4, -0.2) is 35.3 Å². The van der Waals surface area contributed by atoms with Crippen molar-refractivity contribution in [2.45, 2.75) is 12.6 Å². The molecule has 0 saturated heterocycles. The van der Waals surface area contributed by atoms with Gasteiger partial charge in [0.05, 0.1) is 23.9 Å². The van der Waals surface area contributed by atoms with Crippen LogP contribution in [0.4, 0.5) is 9.18 Å². The molecule has 0 spiro atoms. The second kappa shape index (κ2) is 8.43. The van der Waals surface area contributed by atoms with Gasteiger partial charge < -0.3 is 15.0 Å². The number of carbonyl (C=O) groups is 2. The summed E-state index contributed by atoms with van der Waals surface area (Å²) in [5.41, 5.74) is 2.79. The number of nitrogens with zero attached hydrogens (tertiary/aromatic N) is 2. The number of hydrogen-bond donors (Lipinski definition) is 1. The lowest BCUT2D eigenvalue weighted by molar-refractivity contribution is -0.126. The van der Waals surface area contributed by atoms with E-state index in [-0.39, 0.29) is 17.8 Å². The Kier molecular flexibility index (Phi) is 5.30. The second-order valence-electron chi connectivity index (χ2n) is 8.08. The molecule has 0 fully saturated rings. The number of likely N-dealkylation sites (N-methyl/N-ethyl adjacent to an activating group) is 1. The number of urea groups is 1. The van der Waals surface area contributed by atoms with Crippen LogP contribution in [0.5, 0.6) is 11.5 Å². The summed E-state index contributed by atoms with van der Waals surface area (Å²) in [6.07, 6.45) is 0. The normalized spacial score (nSPS) is 17.8. The molecule has 6 nitrogen and oxygen atoms in total. The van der Waals surface area contributed by atoms with Gasteiger partial charge in [0.2, 0.25) is 0 Å². The number of rotatable bonds is 5. The Bertz CT molecular complexity index is 1240. The lowest BCUT2D eigenvalue weighted by Crippen LogP contribution is -2.45. The quantitative estimate of drug-likeness (QED) is 0.627. The predicted octanol–water partition coefficient (Wildman–Crippen LogP) is 4.61. The molecular formula is C26H22FN3O3. The lowest BCUT2D eigenvalue weighted by Gasteiger charge is -2.31. The molecule has 3 aromatic carbocycles. The van der Waals surface area contributed by atoms with E-state index in [4.69, 9.17) is 4.74 Å². The SMILES string of the molecule is CN1C(=O)NC(c2cccc(Oc3ccccc3)c2)C2=C1CN(Cc1ccc(F)cc1)C2=O. The number of benzene rings is 3. The Labute approximate surface area is 190 Å². The molecule has 33 heavy (non-hydrogen) atoms. The van der Waals surface area contributed by atoms with Crippen LogP contribution in [-0.2, 0) is 11.3 Å². The summed E-state index contributed by atoms with van der Waals surface area (Å²) in [5.74, 6) is 0.837. The first kappa shape index (κ1) is 20.8. The second-order valence-corrected chi connectivity index (χ2v) is 8.08. The molecule has 1 unspecified atom stereocenters. The highest BCUT2D eigenvalue weighted by molar-refractivity contribution is 6.01. The summed E-state index contributed by atoms with van der Waals surface area (Å²) in [4.78, 5) is 29.2. The summed E-state index contributed by atoms with van der Waals surface area (Å²) in [5, 5.41) is 2.94. The molecule has 5 rings (SSSR count). The smallest absolute Gasteiger partial charge is 0.322 e. The van der Waals surface area contributed by atoms with Gasteiger partial charge in [-0.1, -0.05) is 42.5 Å². The standard InChI is InChI=1S/C26H22FN3O3/c1-29-22-16-30(15-17-10-12-19(27)13-11-17)25(31)23(22)24(28-26(29)32)18-6-5-9-21(14-18)33-20-7-3-2-4-8-20/h2-14,24H,15-16H2,1H3,(H,28,32). The zero-order chi connectivity index (χ0) is 22.9. The molecule has 0 bridgehead atoms. The third kappa shape index (κ3) is 4.05. The van der Waals surface area contributed by atoms with E-state index in [9.17, 15) is 14.0 Å². The van der Waals surface area contributed by atoms with Crippen molar-refractivity contribution in [1.82, 2.24) is 15.1 Å². The van der Waals surface area contributed by atoms with Crippen molar-refractivity contribution in [3.63, 3.8) is 0 Å². The first-order valence-corrected chi connectivity index (χ1v) is 10.6. The van der Waals surface area contributed by atoms with Crippen LogP contribution < -0.4 is 10.1 Å². The fourth-order valence-electron chi connectivity index (χ4n) is 4.19. The third-order valence-electron chi connectivity index (χ3n) is 5.89. The van der Waals surface area contributed by atoms with Gasteiger partial charge in [-0.25, -0.2) is 9.18 Å². The summed E-state index contributed by atoms with van der Waals surface area (Å²) in [6, 6.07) is 22.0. The molecule has 0 aliphatic carbocycles. The Balaban J connectivity index is 1.43. The summed E-state index contributed by atoms with van der Waals surface area (Å²) >= 11 is 0. The Morgan fingerprint density at radius 2 is 1.70 bits per heavy atom. The molecule has 3 amide bonds. The number of amides is 3. The van der Waals surface area contributed by atoms with E-state index in [1.807, 2.05) is 54.6 Å². The van der Waals surface area contributed by atoms with Gasteiger partial charge in [-0.05, 0) is 47.5 Å². The minimum Gasteiger partial charge on any atom is -0.457 e. The van der Waals surface area contributed by atoms with Crippen LogP contribution in [0.15, 0.2) is 90.1 Å². The van der Waals surface area contributed by atoms with Gasteiger partial charge in [0.25, 0.3) is 5.91 Å². The van der Waals surface area contributed by atoms with Gasteiger partial charge in [0, 0.05) is 13.6 Å². The van der Waals surface area contributed by atoms with Crippen molar-refractivity contribution < 1.29 is 18.7 Å². The molecule has 3 aromatic rings. The molecule has 1 N–H and O–H groups in total. The van der Waals surface area contributed by atoms with E-state index in [1.54, 1.807) is 24.1 Å². The summed E-state index contributed by atoms with van der Waals surface area (Å²) in [6.45, 7) is 0.643. The van der Waals surface area contributed by atoms with Crippen LogP contribution in [0, 0.1) is 5.82 Å². The van der Waals surface area contributed by atoms with E-state index in [1.165, 1.54) is 17.0 Å². The van der Waals surface area contributed by atoms with E-state index >= 15 is 0 Å². The van der Waals surface area contributed by atoms with Crippen molar-refractivity contribution in [1.29, 1.82) is 0 Å². The van der Waals surface area contributed by atoms with Gasteiger partial charge in [-0.2, -0.15) is 0 Å². The average Bonchev–Trinajstić information content (AvgIpc) is 3.15. The first-order valence-electron chi connectivity index (χ1n) is 10.6. The van der Waals surface area contributed by atoms with E-state index < -0.39 is 6.04 Å². The third-order valence-corrected chi connectivity index (χ3v) is 5.89. The topological polar surface area (TPSA) is 61.9 Å². The Morgan fingerprint density at radius 3 is 2.45 bits per heavy atom. The molecule has 2 aliphatic rings. The number of para-hydroxylation sites is 1. The molecule has 1 atom stereocenters. The minimum atomic E-state index is -0.589. The van der Waals surface area contributed by atoms with Crippen molar-refractivity contribution in [3.05, 3.63) is 107 Å². The fraction of sp³-hybridized carbons (Fsp3) is 0.154. The van der Waals surface area contributed by atoms with E-state index in [0.717, 1.165) is 11.1 Å². The van der Waals surface area contributed by atoms with E-state index in [0.29, 0.717) is 35.9 Å². The Hall–Kier alpha value is -4.13. The van der Waals surface area contributed by atoms with Crippen molar-refractivity contribution in [3.8, 4) is 11.5 Å². The molecule has 2 aliphatic heterocycles. The largest absolute Gasteiger partial charge is 0.457 e. The number of hydrogen-bond acceptors (Lipinski definition) is 3. The van der Waals surface area contributed by atoms with Gasteiger partial charge in [-0.15, -0.1) is 0 Å². The first-order chi connectivity index (χ1) is 16.0. The molecular weight excluding hydrogens is 421 g/mol. The molecule has 0 radical (unpaired) electrons. The van der Waals surface area contributed by atoms with Crippen molar-refractivity contribution >= 4 is 11.9 Å². The molecule has 0 saturated carbocycles. The summed E-state index contributed by atoms with van der Waals surface area (Å²) < 4.78 is 19.2. The van der Waals surface area contributed by atoms with Crippen molar-refractivity contribution in [2.24, 2.45) is 0 Å². The van der Waals surface area contributed by atoms with Gasteiger partial charge in [0.1, 0.15) is 17.3 Å². The maximum atomic E-state index is 13.4. The fourth-order valence-corrected chi connectivity index (χ4v) is 4.19. The predicted molar refractivity (Wildman–Crippen MR) is 121 cm³/mol. The zero-order valence-electron chi connectivity index (χ0n) is 18.0. The maximum absolute atomic E-state index is 13.4. The van der Waals surface area contributed by atoms with Crippen LogP contribution >= 0.6 is 0 Å². The highest BCUT2D eigenvalue weighted by Crippen LogP contribution is 2.37. The monoisotopic (exact) mass is 443 g/mol. The van der Waals surface area contributed by atoms with E-state index in [2.05, 4.69) is 5.32 Å². The van der Waals surface area contributed by atoms with Crippen LogP contribution in [0.1, 0.15) is 17.2 Å². The number of ether oxygens (including phenoxy) is 1. The maximum Gasteiger partial charge on any atom is 0.322 e. The van der Waals surface area contributed by atoms with Crippen LogP contribution in [0.2, 0.25) is 0 Å². The highest BCUT2D eigenvalue weighted by atomic mass is 19.1. The number of carbonyl (C=O) groups excluding carboxylic acids is 2. The Morgan fingerprint density at radius 1 is 0.970 bits per heavy atom.